The van der Waals surface area contributed by atoms with Gasteiger partial charge >= 0.3 is 0 Å². The molecule has 2 aromatic carbocycles. The van der Waals surface area contributed by atoms with E-state index in [1.165, 1.54) is 0 Å². The predicted molar refractivity (Wildman–Crippen MR) is 138 cm³/mol. The predicted octanol–water partition coefficient (Wildman–Crippen LogP) is 3.20. The summed E-state index contributed by atoms with van der Waals surface area (Å²) in [6.45, 7) is 6.27. The summed E-state index contributed by atoms with van der Waals surface area (Å²) in [6, 6.07) is 18.2. The van der Waals surface area contributed by atoms with Gasteiger partial charge in [0.05, 0.1) is 6.04 Å². The molecule has 3 amide bonds. The maximum atomic E-state index is 13.4. The first-order valence-electron chi connectivity index (χ1n) is 12.2. The van der Waals surface area contributed by atoms with Crippen molar-refractivity contribution < 1.29 is 14.4 Å². The van der Waals surface area contributed by atoms with Crippen LogP contribution in [0.5, 0.6) is 0 Å². The van der Waals surface area contributed by atoms with Crippen molar-refractivity contribution in [3.05, 3.63) is 71.8 Å². The summed E-state index contributed by atoms with van der Waals surface area (Å²) >= 11 is 5.57. The van der Waals surface area contributed by atoms with Gasteiger partial charge in [0.1, 0.15) is 12.1 Å². The fourth-order valence-electron chi connectivity index (χ4n) is 4.44. The number of likely N-dealkylation sites (tertiary alicyclic amines) is 1. The largest absolute Gasteiger partial charge is 0.353 e. The van der Waals surface area contributed by atoms with Crippen molar-refractivity contribution in [2.45, 2.75) is 57.7 Å². The van der Waals surface area contributed by atoms with Gasteiger partial charge in [-0.15, -0.1) is 0 Å². The lowest BCUT2D eigenvalue weighted by Gasteiger charge is -2.31. The van der Waals surface area contributed by atoms with Crippen molar-refractivity contribution in [1.82, 2.24) is 20.4 Å². The van der Waals surface area contributed by atoms with Crippen molar-refractivity contribution >= 4 is 29.5 Å². The second-order valence-corrected chi connectivity index (χ2v) is 9.59. The van der Waals surface area contributed by atoms with Gasteiger partial charge in [0, 0.05) is 19.0 Å². The standard InChI is InChI=1S/C27H35ClN4O3/c1-18(2)24(30-25(33)19(3)31-28)27(35)32-16-10-15-23(32)26(34)29-17-22(20-11-6-4-7-12-20)21-13-8-5-9-14-21/h4-9,11-14,18-19,22-24,31H,10,15-17H2,1-3H3,(H,29,34)(H,30,33). The van der Waals surface area contributed by atoms with E-state index in [0.717, 1.165) is 17.5 Å². The zero-order valence-electron chi connectivity index (χ0n) is 20.5. The molecule has 0 radical (unpaired) electrons. The van der Waals surface area contributed by atoms with Gasteiger partial charge in [0.15, 0.2) is 0 Å². The van der Waals surface area contributed by atoms with Crippen LogP contribution < -0.4 is 15.5 Å². The maximum Gasteiger partial charge on any atom is 0.246 e. The number of hydrogen-bond donors (Lipinski definition) is 3. The van der Waals surface area contributed by atoms with Crippen LogP contribution in [0.3, 0.4) is 0 Å². The van der Waals surface area contributed by atoms with Crippen LogP contribution in [0.15, 0.2) is 60.7 Å². The van der Waals surface area contributed by atoms with Crippen LogP contribution in [-0.4, -0.2) is 53.8 Å². The van der Waals surface area contributed by atoms with E-state index in [1.807, 2.05) is 50.2 Å². The number of carbonyl (C=O) groups excluding carboxylic acids is 3. The number of carbonyl (C=O) groups is 3. The van der Waals surface area contributed by atoms with E-state index in [2.05, 4.69) is 39.7 Å². The summed E-state index contributed by atoms with van der Waals surface area (Å²) in [4.78, 5) is 43.0. The molecule has 0 bridgehead atoms. The van der Waals surface area contributed by atoms with Crippen molar-refractivity contribution in [3.63, 3.8) is 0 Å². The van der Waals surface area contributed by atoms with Crippen LogP contribution in [0.2, 0.25) is 0 Å². The topological polar surface area (TPSA) is 90.5 Å². The lowest BCUT2D eigenvalue weighted by molar-refractivity contribution is -0.142. The molecule has 35 heavy (non-hydrogen) atoms. The molecule has 1 saturated heterocycles. The normalized spacial score (nSPS) is 17.3. The molecule has 3 atom stereocenters. The van der Waals surface area contributed by atoms with E-state index in [1.54, 1.807) is 11.8 Å². The van der Waals surface area contributed by atoms with E-state index in [9.17, 15) is 14.4 Å². The first-order valence-corrected chi connectivity index (χ1v) is 12.6. The van der Waals surface area contributed by atoms with E-state index in [-0.39, 0.29) is 29.6 Å². The molecule has 3 rings (SSSR count). The molecule has 0 saturated carbocycles. The summed E-state index contributed by atoms with van der Waals surface area (Å²) in [5, 5.41) is 5.88. The molecule has 1 aliphatic heterocycles. The lowest BCUT2D eigenvalue weighted by Crippen LogP contribution is -2.57. The van der Waals surface area contributed by atoms with E-state index >= 15 is 0 Å². The summed E-state index contributed by atoms with van der Waals surface area (Å²) in [5.74, 6) is -0.911. The first-order chi connectivity index (χ1) is 16.8. The van der Waals surface area contributed by atoms with E-state index in [0.29, 0.717) is 19.5 Å². The summed E-state index contributed by atoms with van der Waals surface area (Å²) < 4.78 is 0. The van der Waals surface area contributed by atoms with Gasteiger partial charge in [0.25, 0.3) is 0 Å². The molecule has 3 N–H and O–H groups in total. The molecule has 1 fully saturated rings. The zero-order valence-corrected chi connectivity index (χ0v) is 21.3. The number of benzene rings is 2. The fraction of sp³-hybridized carbons (Fsp3) is 0.444. The van der Waals surface area contributed by atoms with Gasteiger partial charge in [0.2, 0.25) is 17.7 Å². The van der Waals surface area contributed by atoms with Gasteiger partial charge in [-0.1, -0.05) is 74.5 Å². The Kier molecular flexibility index (Phi) is 9.69. The van der Waals surface area contributed by atoms with Crippen molar-refractivity contribution in [3.8, 4) is 0 Å². The van der Waals surface area contributed by atoms with Crippen LogP contribution in [0, 0.1) is 5.92 Å². The molecular weight excluding hydrogens is 464 g/mol. The van der Waals surface area contributed by atoms with Crippen molar-refractivity contribution in [2.24, 2.45) is 5.92 Å². The Morgan fingerprint density at radius 3 is 2.06 bits per heavy atom. The summed E-state index contributed by atoms with van der Waals surface area (Å²) in [6.07, 6.45) is 1.33. The van der Waals surface area contributed by atoms with E-state index < -0.39 is 18.1 Å². The molecule has 188 valence electrons. The molecule has 7 nitrogen and oxygen atoms in total. The molecule has 0 spiro atoms. The minimum absolute atomic E-state index is 0.000791. The molecule has 3 unspecified atom stereocenters. The molecule has 2 aromatic rings. The second kappa shape index (κ2) is 12.7. The third-order valence-corrected chi connectivity index (χ3v) is 6.84. The number of hydrogen-bond acceptors (Lipinski definition) is 4. The maximum absolute atomic E-state index is 13.4. The van der Waals surface area contributed by atoms with Gasteiger partial charge in [-0.25, -0.2) is 4.84 Å². The third-order valence-electron chi connectivity index (χ3n) is 6.51. The molecule has 8 heteroatoms. The average molecular weight is 499 g/mol. The summed E-state index contributed by atoms with van der Waals surface area (Å²) in [7, 11) is 0. The zero-order chi connectivity index (χ0) is 25.4. The molecule has 0 aliphatic carbocycles. The minimum atomic E-state index is -0.732. The monoisotopic (exact) mass is 498 g/mol. The Morgan fingerprint density at radius 1 is 0.971 bits per heavy atom. The Bertz CT molecular complexity index is 947. The SMILES string of the molecule is CC(NCl)C(=O)NC(C(=O)N1CCCC1C(=O)NCC(c1ccccc1)c1ccccc1)C(C)C. The fourth-order valence-corrected chi connectivity index (χ4v) is 4.54. The molecule has 1 aliphatic rings. The van der Waals surface area contributed by atoms with Gasteiger partial charge < -0.3 is 15.5 Å². The Hall–Kier alpha value is -2.90. The quantitative estimate of drug-likeness (QED) is 0.439. The highest BCUT2D eigenvalue weighted by molar-refractivity contribution is 6.15. The van der Waals surface area contributed by atoms with Crippen LogP contribution >= 0.6 is 11.8 Å². The number of halogens is 1. The number of rotatable bonds is 10. The van der Waals surface area contributed by atoms with Crippen LogP contribution in [0.1, 0.15) is 50.7 Å². The highest BCUT2D eigenvalue weighted by Gasteiger charge is 2.39. The minimum Gasteiger partial charge on any atom is -0.353 e. The Morgan fingerprint density at radius 2 is 1.54 bits per heavy atom. The van der Waals surface area contributed by atoms with Gasteiger partial charge in [-0.2, -0.15) is 0 Å². The third kappa shape index (κ3) is 6.83. The average Bonchev–Trinajstić information content (AvgIpc) is 3.37. The lowest BCUT2D eigenvalue weighted by atomic mass is 9.91. The van der Waals surface area contributed by atoms with E-state index in [4.69, 9.17) is 11.8 Å². The van der Waals surface area contributed by atoms with Gasteiger partial charge in [-0.3, -0.25) is 14.4 Å². The van der Waals surface area contributed by atoms with Crippen LogP contribution in [0.4, 0.5) is 0 Å². The van der Waals surface area contributed by atoms with Crippen molar-refractivity contribution in [1.29, 1.82) is 0 Å². The molecular formula is C27H35ClN4O3. The Balaban J connectivity index is 1.71. The highest BCUT2D eigenvalue weighted by Crippen LogP contribution is 2.25. The summed E-state index contributed by atoms with van der Waals surface area (Å²) in [5.41, 5.74) is 2.23. The number of nitrogens with one attached hydrogen (secondary N) is 3. The van der Waals surface area contributed by atoms with Crippen LogP contribution in [-0.2, 0) is 14.4 Å². The molecule has 0 aromatic heterocycles. The number of nitrogens with zero attached hydrogens (tertiary/aromatic N) is 1. The number of amides is 3. The molecule has 1 heterocycles. The van der Waals surface area contributed by atoms with Crippen LogP contribution in [0.25, 0.3) is 0 Å². The smallest absolute Gasteiger partial charge is 0.246 e. The first kappa shape index (κ1) is 26.7. The van der Waals surface area contributed by atoms with Crippen molar-refractivity contribution in [2.75, 3.05) is 13.1 Å². The second-order valence-electron chi connectivity index (χ2n) is 9.37. The Labute approximate surface area is 212 Å². The van der Waals surface area contributed by atoms with Gasteiger partial charge in [-0.05, 0) is 48.6 Å². The highest BCUT2D eigenvalue weighted by atomic mass is 35.5.